The largest absolute Gasteiger partial charge is 0.479 e. The van der Waals surface area contributed by atoms with E-state index in [0.717, 1.165) is 0 Å². The molecular formula is C8H10O10. The first-order valence-electron chi connectivity index (χ1n) is 4.41. The molecule has 0 heterocycles. The molecule has 0 aromatic rings. The van der Waals surface area contributed by atoms with Gasteiger partial charge in [-0.15, -0.1) is 0 Å². The van der Waals surface area contributed by atoms with E-state index in [1.165, 1.54) is 0 Å². The van der Waals surface area contributed by atoms with Gasteiger partial charge in [0.05, 0.1) is 13.2 Å². The Morgan fingerprint density at radius 3 is 1.06 bits per heavy atom. The Morgan fingerprint density at radius 2 is 0.889 bits per heavy atom. The van der Waals surface area contributed by atoms with E-state index in [4.69, 9.17) is 20.4 Å². The molecule has 0 saturated heterocycles. The fourth-order valence-electron chi connectivity index (χ4n) is 0.828. The minimum atomic E-state index is -2.12. The summed E-state index contributed by atoms with van der Waals surface area (Å²) in [5.41, 5.74) is 0. The lowest BCUT2D eigenvalue weighted by Crippen LogP contribution is -2.36. The standard InChI is InChI=1S/C8H10O10/c9-5(10)3(6(11)12)17-1-2-18-4(7(13)14)8(15)16/h3-4H,1-2H2,(H,9,10)(H,11,12)(H,13,14)(H,15,16). The third-order valence-corrected chi connectivity index (χ3v) is 1.55. The molecule has 0 aliphatic heterocycles. The summed E-state index contributed by atoms with van der Waals surface area (Å²) in [6, 6.07) is 0. The second-order valence-corrected chi connectivity index (χ2v) is 2.85. The monoisotopic (exact) mass is 266 g/mol. The molecule has 18 heavy (non-hydrogen) atoms. The first-order chi connectivity index (χ1) is 8.27. The Kier molecular flexibility index (Phi) is 6.31. The molecule has 0 fully saturated rings. The van der Waals surface area contributed by atoms with E-state index < -0.39 is 49.3 Å². The Bertz CT molecular complexity index is 286. The van der Waals surface area contributed by atoms with Gasteiger partial charge in [-0.2, -0.15) is 0 Å². The molecule has 0 aliphatic carbocycles. The van der Waals surface area contributed by atoms with Gasteiger partial charge in [0, 0.05) is 0 Å². The molecule has 0 aliphatic rings. The number of aliphatic carboxylic acids is 4. The minimum Gasteiger partial charge on any atom is -0.479 e. The van der Waals surface area contributed by atoms with Crippen LogP contribution in [0.15, 0.2) is 0 Å². The van der Waals surface area contributed by atoms with Crippen molar-refractivity contribution in [2.45, 2.75) is 12.2 Å². The summed E-state index contributed by atoms with van der Waals surface area (Å²) in [6.45, 7) is -1.17. The lowest BCUT2D eigenvalue weighted by atomic mass is 10.3. The van der Waals surface area contributed by atoms with Crippen LogP contribution in [-0.4, -0.2) is 69.7 Å². The minimum absolute atomic E-state index is 0.583. The molecule has 0 aromatic carbocycles. The van der Waals surface area contributed by atoms with Crippen molar-refractivity contribution >= 4 is 23.9 Å². The zero-order valence-electron chi connectivity index (χ0n) is 8.81. The Morgan fingerprint density at radius 1 is 0.667 bits per heavy atom. The van der Waals surface area contributed by atoms with Crippen molar-refractivity contribution in [2.24, 2.45) is 0 Å². The number of hydrogen-bond acceptors (Lipinski definition) is 6. The van der Waals surface area contributed by atoms with E-state index in [-0.39, 0.29) is 0 Å². The Hall–Kier alpha value is -2.20. The van der Waals surface area contributed by atoms with Gasteiger partial charge in [0.2, 0.25) is 0 Å². The number of carboxylic acids is 4. The first kappa shape index (κ1) is 15.8. The molecule has 0 rings (SSSR count). The summed E-state index contributed by atoms with van der Waals surface area (Å²) in [5, 5.41) is 33.6. The number of ether oxygens (including phenoxy) is 2. The summed E-state index contributed by atoms with van der Waals surface area (Å²) < 4.78 is 8.73. The summed E-state index contributed by atoms with van der Waals surface area (Å²) in [5.74, 6) is -6.96. The molecule has 10 nitrogen and oxygen atoms in total. The maximum atomic E-state index is 10.4. The van der Waals surface area contributed by atoms with Crippen molar-refractivity contribution < 1.29 is 49.1 Å². The van der Waals surface area contributed by atoms with Gasteiger partial charge in [-0.3, -0.25) is 0 Å². The van der Waals surface area contributed by atoms with E-state index in [1.54, 1.807) is 0 Å². The summed E-state index contributed by atoms with van der Waals surface area (Å²) in [7, 11) is 0. The highest BCUT2D eigenvalue weighted by Gasteiger charge is 2.28. The molecular weight excluding hydrogens is 256 g/mol. The van der Waals surface area contributed by atoms with Crippen molar-refractivity contribution in [1.82, 2.24) is 0 Å². The van der Waals surface area contributed by atoms with E-state index in [0.29, 0.717) is 0 Å². The van der Waals surface area contributed by atoms with Crippen LogP contribution in [0.5, 0.6) is 0 Å². The average molecular weight is 266 g/mol. The number of carbonyl (C=O) groups is 4. The van der Waals surface area contributed by atoms with Crippen molar-refractivity contribution in [1.29, 1.82) is 0 Å². The van der Waals surface area contributed by atoms with Gasteiger partial charge in [-0.25, -0.2) is 19.2 Å². The van der Waals surface area contributed by atoms with Crippen molar-refractivity contribution in [3.05, 3.63) is 0 Å². The van der Waals surface area contributed by atoms with Crippen LogP contribution in [0.1, 0.15) is 0 Å². The van der Waals surface area contributed by atoms with Crippen LogP contribution in [0.2, 0.25) is 0 Å². The van der Waals surface area contributed by atoms with Crippen LogP contribution in [0.4, 0.5) is 0 Å². The van der Waals surface area contributed by atoms with Crippen LogP contribution < -0.4 is 0 Å². The van der Waals surface area contributed by atoms with Crippen LogP contribution in [-0.2, 0) is 28.7 Å². The van der Waals surface area contributed by atoms with Crippen LogP contribution in [0, 0.1) is 0 Å². The van der Waals surface area contributed by atoms with Crippen LogP contribution >= 0.6 is 0 Å². The highest BCUT2D eigenvalue weighted by atomic mass is 16.6. The molecule has 0 amide bonds. The SMILES string of the molecule is O=C(O)C(OCCOC(C(=O)O)C(=O)O)C(=O)O. The zero-order valence-corrected chi connectivity index (χ0v) is 8.81. The van der Waals surface area contributed by atoms with Gasteiger partial charge >= 0.3 is 23.9 Å². The first-order valence-corrected chi connectivity index (χ1v) is 4.41. The summed E-state index contributed by atoms with van der Waals surface area (Å²) in [4.78, 5) is 41.4. The molecule has 0 bridgehead atoms. The highest BCUT2D eigenvalue weighted by molar-refractivity contribution is 5.96. The second kappa shape index (κ2) is 7.19. The van der Waals surface area contributed by atoms with Gasteiger partial charge in [-0.1, -0.05) is 0 Å². The van der Waals surface area contributed by atoms with Crippen molar-refractivity contribution in [3.63, 3.8) is 0 Å². The smallest absolute Gasteiger partial charge is 0.344 e. The predicted octanol–water partition coefficient (Wildman–Crippen LogP) is -1.90. The molecule has 4 N–H and O–H groups in total. The quantitative estimate of drug-likeness (QED) is 0.273. The number of rotatable bonds is 9. The fraction of sp³-hybridized carbons (Fsp3) is 0.500. The summed E-state index contributed by atoms with van der Waals surface area (Å²) in [6.07, 6.45) is -4.25. The van der Waals surface area contributed by atoms with Crippen molar-refractivity contribution in [2.75, 3.05) is 13.2 Å². The lowest BCUT2D eigenvalue weighted by molar-refractivity contribution is -0.173. The molecule has 0 atom stereocenters. The summed E-state index contributed by atoms with van der Waals surface area (Å²) >= 11 is 0. The highest BCUT2D eigenvalue weighted by Crippen LogP contribution is 1.96. The maximum absolute atomic E-state index is 10.4. The van der Waals surface area contributed by atoms with Gasteiger partial charge in [-0.05, 0) is 0 Å². The number of hydrogen-bond donors (Lipinski definition) is 4. The number of carboxylic acid groups (broad SMARTS) is 4. The van der Waals surface area contributed by atoms with E-state index in [2.05, 4.69) is 9.47 Å². The maximum Gasteiger partial charge on any atom is 0.344 e. The third-order valence-electron chi connectivity index (χ3n) is 1.55. The zero-order chi connectivity index (χ0) is 14.3. The Labute approximate surface area is 99.3 Å². The predicted molar refractivity (Wildman–Crippen MR) is 50.0 cm³/mol. The topological polar surface area (TPSA) is 168 Å². The van der Waals surface area contributed by atoms with Gasteiger partial charge in [0.25, 0.3) is 12.2 Å². The lowest BCUT2D eigenvalue weighted by Gasteiger charge is -2.11. The molecule has 0 aromatic heterocycles. The van der Waals surface area contributed by atoms with Crippen LogP contribution in [0.3, 0.4) is 0 Å². The normalized spacial score (nSPS) is 10.6. The van der Waals surface area contributed by atoms with Crippen molar-refractivity contribution in [3.8, 4) is 0 Å². The van der Waals surface area contributed by atoms with E-state index >= 15 is 0 Å². The average Bonchev–Trinajstić information content (AvgIpc) is 2.20. The van der Waals surface area contributed by atoms with Gasteiger partial charge < -0.3 is 29.9 Å². The molecule has 0 spiro atoms. The third kappa shape index (κ3) is 5.23. The van der Waals surface area contributed by atoms with Gasteiger partial charge in [0.1, 0.15) is 0 Å². The van der Waals surface area contributed by atoms with E-state index in [1.807, 2.05) is 0 Å². The molecule has 0 saturated carbocycles. The molecule has 0 radical (unpaired) electrons. The molecule has 10 heteroatoms. The van der Waals surface area contributed by atoms with Gasteiger partial charge in [0.15, 0.2) is 0 Å². The second-order valence-electron chi connectivity index (χ2n) is 2.85. The van der Waals surface area contributed by atoms with E-state index in [9.17, 15) is 19.2 Å². The molecule has 102 valence electrons. The van der Waals surface area contributed by atoms with Crippen LogP contribution in [0.25, 0.3) is 0 Å². The fourth-order valence-corrected chi connectivity index (χ4v) is 0.828. The molecule has 0 unspecified atom stereocenters. The Balaban J connectivity index is 4.12.